The molecule has 2 heteroatoms. The van der Waals surface area contributed by atoms with Crippen molar-refractivity contribution in [2.45, 2.75) is 26.2 Å². The van der Waals surface area contributed by atoms with Crippen LogP contribution in [0.3, 0.4) is 0 Å². The van der Waals surface area contributed by atoms with Crippen LogP contribution in [0.2, 0.25) is 0 Å². The largest absolute Gasteiger partial charge is 0.497 e. The molecule has 0 aliphatic heterocycles. The van der Waals surface area contributed by atoms with Gasteiger partial charge in [0.15, 0.2) is 0 Å². The molecule has 2 nitrogen and oxygen atoms in total. The summed E-state index contributed by atoms with van der Waals surface area (Å²) < 4.78 is 5.29. The van der Waals surface area contributed by atoms with Gasteiger partial charge in [0.1, 0.15) is 5.75 Å². The highest BCUT2D eigenvalue weighted by Crippen LogP contribution is 2.31. The molecule has 0 spiro atoms. The lowest BCUT2D eigenvalue weighted by molar-refractivity contribution is 0.415. The van der Waals surface area contributed by atoms with E-state index in [1.807, 2.05) is 60.7 Å². The van der Waals surface area contributed by atoms with Crippen LogP contribution in [0.25, 0.3) is 22.5 Å². The molecule has 0 atom stereocenters. The van der Waals surface area contributed by atoms with Crippen molar-refractivity contribution in [1.82, 2.24) is 4.98 Å². The van der Waals surface area contributed by atoms with Gasteiger partial charge in [-0.15, -0.1) is 0 Å². The molecular weight excluding hydrogens is 390 g/mol. The van der Waals surface area contributed by atoms with Gasteiger partial charge in [-0.2, -0.15) is 0 Å². The quantitative estimate of drug-likeness (QED) is 0.331. The van der Waals surface area contributed by atoms with E-state index in [2.05, 4.69) is 62.9 Å². The maximum atomic E-state index is 5.29. The molecule has 4 rings (SSSR count). The van der Waals surface area contributed by atoms with Gasteiger partial charge in [0, 0.05) is 22.3 Å². The molecule has 0 unspecified atom stereocenters. The number of benzene rings is 3. The fourth-order valence-corrected chi connectivity index (χ4v) is 3.50. The predicted octanol–water partition coefficient (Wildman–Crippen LogP) is 7.12. The molecule has 0 saturated carbocycles. The molecule has 0 N–H and O–H groups in total. The molecule has 0 bridgehead atoms. The Bertz CT molecular complexity index is 1270. The molecule has 3 aromatic carbocycles. The summed E-state index contributed by atoms with van der Waals surface area (Å²) in [7, 11) is 1.67. The number of aromatic nitrogens is 1. The molecular formula is C30H27NO. The maximum absolute atomic E-state index is 5.29. The molecule has 0 aliphatic carbocycles. The third-order valence-electron chi connectivity index (χ3n) is 5.41. The van der Waals surface area contributed by atoms with Gasteiger partial charge in [0.2, 0.25) is 0 Å². The fourth-order valence-electron chi connectivity index (χ4n) is 3.50. The highest BCUT2D eigenvalue weighted by atomic mass is 16.5. The Morgan fingerprint density at radius 3 is 2.12 bits per heavy atom. The van der Waals surface area contributed by atoms with Crippen LogP contribution in [-0.2, 0) is 5.41 Å². The van der Waals surface area contributed by atoms with Gasteiger partial charge in [-0.05, 0) is 71.6 Å². The van der Waals surface area contributed by atoms with E-state index in [0.717, 1.165) is 39.4 Å². The smallest absolute Gasteiger partial charge is 0.118 e. The third-order valence-corrected chi connectivity index (χ3v) is 5.41. The number of pyridine rings is 1. The lowest BCUT2D eigenvalue weighted by Crippen LogP contribution is -2.11. The van der Waals surface area contributed by atoms with E-state index in [9.17, 15) is 0 Å². The van der Waals surface area contributed by atoms with Crippen LogP contribution in [0.1, 0.15) is 37.5 Å². The first-order valence-electron chi connectivity index (χ1n) is 10.8. The van der Waals surface area contributed by atoms with E-state index in [1.165, 1.54) is 5.56 Å². The molecule has 0 fully saturated rings. The average molecular weight is 418 g/mol. The number of ether oxygens (including phenoxy) is 1. The van der Waals surface area contributed by atoms with Crippen LogP contribution in [0.15, 0.2) is 91.0 Å². The van der Waals surface area contributed by atoms with Gasteiger partial charge in [0.05, 0.1) is 18.5 Å². The van der Waals surface area contributed by atoms with E-state index in [4.69, 9.17) is 9.72 Å². The van der Waals surface area contributed by atoms with Crippen molar-refractivity contribution < 1.29 is 4.74 Å². The van der Waals surface area contributed by atoms with Gasteiger partial charge in [0.25, 0.3) is 0 Å². The zero-order valence-electron chi connectivity index (χ0n) is 19.0. The van der Waals surface area contributed by atoms with E-state index < -0.39 is 0 Å². The first kappa shape index (κ1) is 21.4. The third kappa shape index (κ3) is 4.90. The minimum atomic E-state index is 0.0354. The second kappa shape index (κ2) is 9.12. The lowest BCUT2D eigenvalue weighted by Gasteiger charge is -2.20. The Labute approximate surface area is 190 Å². The molecule has 0 amide bonds. The fraction of sp³-hybridized carbons (Fsp3) is 0.167. The summed E-state index contributed by atoms with van der Waals surface area (Å²) in [6.45, 7) is 6.67. The van der Waals surface area contributed by atoms with Crippen molar-refractivity contribution in [1.29, 1.82) is 0 Å². The van der Waals surface area contributed by atoms with Crippen LogP contribution in [0.4, 0.5) is 0 Å². The number of nitrogens with zero attached hydrogens (tertiary/aromatic N) is 1. The summed E-state index contributed by atoms with van der Waals surface area (Å²) >= 11 is 0. The Morgan fingerprint density at radius 2 is 1.44 bits per heavy atom. The second-order valence-corrected chi connectivity index (χ2v) is 8.76. The van der Waals surface area contributed by atoms with Crippen molar-refractivity contribution in [3.8, 4) is 40.1 Å². The zero-order valence-corrected chi connectivity index (χ0v) is 19.0. The summed E-state index contributed by atoms with van der Waals surface area (Å²) in [4.78, 5) is 5.00. The molecule has 158 valence electrons. The monoisotopic (exact) mass is 417 g/mol. The van der Waals surface area contributed by atoms with E-state index >= 15 is 0 Å². The molecule has 32 heavy (non-hydrogen) atoms. The van der Waals surface area contributed by atoms with Gasteiger partial charge in [-0.3, -0.25) is 0 Å². The molecule has 4 aromatic rings. The van der Waals surface area contributed by atoms with Gasteiger partial charge < -0.3 is 4.74 Å². The van der Waals surface area contributed by atoms with Crippen molar-refractivity contribution in [2.75, 3.05) is 7.11 Å². The summed E-state index contributed by atoms with van der Waals surface area (Å²) in [5.74, 6) is 7.51. The summed E-state index contributed by atoms with van der Waals surface area (Å²) in [6, 6.07) is 30.7. The first-order chi connectivity index (χ1) is 15.4. The van der Waals surface area contributed by atoms with Crippen LogP contribution in [0.5, 0.6) is 5.75 Å². The van der Waals surface area contributed by atoms with Gasteiger partial charge in [-0.25, -0.2) is 4.98 Å². The van der Waals surface area contributed by atoms with Crippen molar-refractivity contribution in [3.63, 3.8) is 0 Å². The number of rotatable bonds is 3. The molecule has 0 radical (unpaired) electrons. The van der Waals surface area contributed by atoms with Crippen LogP contribution >= 0.6 is 0 Å². The highest BCUT2D eigenvalue weighted by Gasteiger charge is 2.17. The van der Waals surface area contributed by atoms with Crippen LogP contribution in [0, 0.1) is 11.8 Å². The Hall–Kier alpha value is -3.83. The van der Waals surface area contributed by atoms with Gasteiger partial charge in [-0.1, -0.05) is 62.9 Å². The minimum Gasteiger partial charge on any atom is -0.497 e. The van der Waals surface area contributed by atoms with Gasteiger partial charge >= 0.3 is 0 Å². The van der Waals surface area contributed by atoms with Crippen LogP contribution < -0.4 is 4.74 Å². The zero-order chi connectivity index (χ0) is 22.6. The van der Waals surface area contributed by atoms with Crippen molar-refractivity contribution in [2.24, 2.45) is 0 Å². The highest BCUT2D eigenvalue weighted by molar-refractivity contribution is 5.72. The molecule has 0 aliphatic rings. The summed E-state index contributed by atoms with van der Waals surface area (Å²) in [5.41, 5.74) is 7.21. The first-order valence-corrected chi connectivity index (χ1v) is 10.8. The minimum absolute atomic E-state index is 0.0354. The van der Waals surface area contributed by atoms with Crippen molar-refractivity contribution in [3.05, 3.63) is 108 Å². The molecule has 1 heterocycles. The normalized spacial score (nSPS) is 10.9. The standard InChI is InChI=1S/C30H27NO/c1-30(2,3)25-18-15-23(14-13-22-9-6-5-7-10-22)27(21-25)29-12-8-11-28(31-29)24-16-19-26(32-4)20-17-24/h5-12,15-21H,1-4H3. The van der Waals surface area contributed by atoms with Crippen LogP contribution in [-0.4, -0.2) is 12.1 Å². The average Bonchev–Trinajstić information content (AvgIpc) is 2.83. The Balaban J connectivity index is 1.81. The topological polar surface area (TPSA) is 22.1 Å². The van der Waals surface area contributed by atoms with E-state index in [1.54, 1.807) is 7.11 Å². The molecule has 1 aromatic heterocycles. The lowest BCUT2D eigenvalue weighted by atomic mass is 9.84. The summed E-state index contributed by atoms with van der Waals surface area (Å²) in [5, 5.41) is 0. The second-order valence-electron chi connectivity index (χ2n) is 8.76. The predicted molar refractivity (Wildman–Crippen MR) is 133 cm³/mol. The Kier molecular flexibility index (Phi) is 6.10. The van der Waals surface area contributed by atoms with E-state index in [0.29, 0.717) is 0 Å². The van der Waals surface area contributed by atoms with E-state index in [-0.39, 0.29) is 5.41 Å². The SMILES string of the molecule is COc1ccc(-c2cccc(-c3cc(C(C)(C)C)ccc3C#Cc3ccccc3)n2)cc1. The summed E-state index contributed by atoms with van der Waals surface area (Å²) in [6.07, 6.45) is 0. The number of methoxy groups -OCH3 is 1. The van der Waals surface area contributed by atoms with Crippen molar-refractivity contribution >= 4 is 0 Å². The molecule has 0 saturated heterocycles. The Morgan fingerprint density at radius 1 is 0.719 bits per heavy atom. The number of hydrogen-bond donors (Lipinski definition) is 0. The maximum Gasteiger partial charge on any atom is 0.118 e. The number of hydrogen-bond acceptors (Lipinski definition) is 2.